The van der Waals surface area contributed by atoms with Crippen LogP contribution < -0.4 is 0 Å². The quantitative estimate of drug-likeness (QED) is 0.224. The Morgan fingerprint density at radius 2 is 1.22 bits per heavy atom. The van der Waals surface area contributed by atoms with Gasteiger partial charge in [0.2, 0.25) is 0 Å². The second-order valence-corrected chi connectivity index (χ2v) is 9.79. The molecule has 0 unspecified atom stereocenters. The monoisotopic (exact) mass is 432 g/mol. The Bertz CT molecular complexity index is 808. The predicted octanol–water partition coefficient (Wildman–Crippen LogP) is 9.41. The summed E-state index contributed by atoms with van der Waals surface area (Å²) in [7, 11) is 0. The van der Waals surface area contributed by atoms with Crippen LogP contribution >= 0.6 is 0 Å². The number of carbonyl (C=O) groups excluding carboxylic acids is 1. The molecule has 0 aromatic heterocycles. The molecule has 0 bridgehead atoms. The number of rotatable bonds is 17. The molecule has 0 saturated heterocycles. The van der Waals surface area contributed by atoms with Gasteiger partial charge in [0.25, 0.3) is 0 Å². The molecule has 0 amide bonds. The van der Waals surface area contributed by atoms with Crippen LogP contribution in [0.1, 0.15) is 126 Å². The molecule has 0 atom stereocenters. The average molecular weight is 433 g/mol. The zero-order chi connectivity index (χ0) is 22.4. The number of hydrogen-bond donors (Lipinski definition) is 0. The van der Waals surface area contributed by atoms with Gasteiger partial charge in [0.15, 0.2) is 5.78 Å². The van der Waals surface area contributed by atoms with Crippen molar-refractivity contribution in [2.24, 2.45) is 0 Å². The fourth-order valence-electron chi connectivity index (χ4n) is 5.17. The molecule has 1 nitrogen and oxygen atoms in total. The molecule has 1 aromatic rings. The van der Waals surface area contributed by atoms with Gasteiger partial charge in [0, 0.05) is 5.57 Å². The van der Waals surface area contributed by atoms with Crippen LogP contribution in [-0.2, 0) is 11.2 Å². The summed E-state index contributed by atoms with van der Waals surface area (Å²) in [6.07, 6.45) is 31.4. The van der Waals surface area contributed by atoms with Crippen molar-refractivity contribution in [3.05, 3.63) is 58.7 Å². The highest BCUT2D eigenvalue weighted by atomic mass is 16.1. The van der Waals surface area contributed by atoms with E-state index in [-0.39, 0.29) is 5.78 Å². The molecule has 0 fully saturated rings. The summed E-state index contributed by atoms with van der Waals surface area (Å²) in [4.78, 5) is 12.2. The minimum absolute atomic E-state index is 0.145. The van der Waals surface area contributed by atoms with Gasteiger partial charge in [-0.3, -0.25) is 4.79 Å². The van der Waals surface area contributed by atoms with Crippen LogP contribution in [-0.4, -0.2) is 5.78 Å². The molecule has 0 spiro atoms. The third-order valence-electron chi connectivity index (χ3n) is 7.14. The van der Waals surface area contributed by atoms with Gasteiger partial charge < -0.3 is 0 Å². The Balaban J connectivity index is 1.20. The summed E-state index contributed by atoms with van der Waals surface area (Å²) in [6, 6.07) is 6.56. The first-order chi connectivity index (χ1) is 15.8. The molecule has 3 rings (SSSR count). The maximum atomic E-state index is 12.2. The van der Waals surface area contributed by atoms with Crippen LogP contribution in [0.2, 0.25) is 0 Å². The number of ketones is 1. The molecule has 2 aliphatic carbocycles. The van der Waals surface area contributed by atoms with E-state index in [0.29, 0.717) is 0 Å². The third kappa shape index (κ3) is 7.61. The zero-order valence-corrected chi connectivity index (χ0v) is 20.5. The number of allylic oxidation sites excluding steroid dienone is 5. The van der Waals surface area contributed by atoms with Gasteiger partial charge >= 0.3 is 0 Å². The fraction of sp³-hybridized carbons (Fsp3) is 0.581. The number of unbranched alkanes of at least 4 members (excludes halogenated alkanes) is 15. The Morgan fingerprint density at radius 1 is 0.656 bits per heavy atom. The summed E-state index contributed by atoms with van der Waals surface area (Å²) in [5.41, 5.74) is 5.92. The van der Waals surface area contributed by atoms with E-state index in [9.17, 15) is 4.79 Å². The number of hydrogen-bond acceptors (Lipinski definition) is 1. The minimum atomic E-state index is 0.145. The van der Waals surface area contributed by atoms with E-state index in [1.54, 1.807) is 6.08 Å². The number of aryl methyl sites for hydroxylation is 1. The smallest absolute Gasteiger partial charge is 0.186 e. The summed E-state index contributed by atoms with van der Waals surface area (Å²) < 4.78 is 0. The predicted molar refractivity (Wildman–Crippen MR) is 140 cm³/mol. The van der Waals surface area contributed by atoms with Crippen LogP contribution in [0.15, 0.2) is 42.0 Å². The SMILES string of the molecule is CCCCCCCCCCCCCCCCCCc1cccc2c1C=C1C(=O)C=CC=C12. The van der Waals surface area contributed by atoms with Gasteiger partial charge in [0.05, 0.1) is 0 Å². The first-order valence-electron chi connectivity index (χ1n) is 13.6. The van der Waals surface area contributed by atoms with Crippen LogP contribution in [0, 0.1) is 0 Å². The topological polar surface area (TPSA) is 17.1 Å². The number of carbonyl (C=O) groups is 1. The Kier molecular flexibility index (Phi) is 11.1. The van der Waals surface area contributed by atoms with Gasteiger partial charge in [-0.25, -0.2) is 0 Å². The third-order valence-corrected chi connectivity index (χ3v) is 7.14. The molecule has 1 heteroatoms. The van der Waals surface area contributed by atoms with Crippen molar-refractivity contribution in [1.82, 2.24) is 0 Å². The van der Waals surface area contributed by atoms with Gasteiger partial charge in [-0.05, 0) is 47.3 Å². The minimum Gasteiger partial charge on any atom is -0.289 e. The van der Waals surface area contributed by atoms with Crippen LogP contribution in [0.4, 0.5) is 0 Å². The molecule has 0 radical (unpaired) electrons. The van der Waals surface area contributed by atoms with Gasteiger partial charge in [0.1, 0.15) is 0 Å². The standard InChI is InChI=1S/C31H44O/c1-2-3-4-5-6-7-8-9-10-11-12-13-14-15-16-17-20-26-21-18-22-27-28-23-19-24-31(32)30(28)25-29(26)27/h18-19,21-25H,2-17,20H2,1H3. The van der Waals surface area contributed by atoms with E-state index < -0.39 is 0 Å². The van der Waals surface area contributed by atoms with E-state index >= 15 is 0 Å². The van der Waals surface area contributed by atoms with Crippen LogP contribution in [0.3, 0.4) is 0 Å². The maximum Gasteiger partial charge on any atom is 0.186 e. The molecule has 0 heterocycles. The highest BCUT2D eigenvalue weighted by Crippen LogP contribution is 2.39. The molecule has 32 heavy (non-hydrogen) atoms. The lowest BCUT2D eigenvalue weighted by molar-refractivity contribution is -0.110. The van der Waals surface area contributed by atoms with E-state index in [0.717, 1.165) is 17.6 Å². The summed E-state index contributed by atoms with van der Waals surface area (Å²) >= 11 is 0. The Labute approximate surface area is 197 Å². The van der Waals surface area contributed by atoms with Crippen molar-refractivity contribution < 1.29 is 4.79 Å². The van der Waals surface area contributed by atoms with Crippen molar-refractivity contribution in [2.75, 3.05) is 0 Å². The summed E-state index contributed by atoms with van der Waals surface area (Å²) in [5.74, 6) is 0.145. The first-order valence-corrected chi connectivity index (χ1v) is 13.6. The Hall–Kier alpha value is -1.89. The van der Waals surface area contributed by atoms with Crippen molar-refractivity contribution >= 4 is 17.4 Å². The van der Waals surface area contributed by atoms with Gasteiger partial charge in [-0.1, -0.05) is 134 Å². The maximum absolute atomic E-state index is 12.2. The summed E-state index contributed by atoms with van der Waals surface area (Å²) in [5, 5.41) is 0. The van der Waals surface area contributed by atoms with Crippen molar-refractivity contribution in [1.29, 1.82) is 0 Å². The van der Waals surface area contributed by atoms with Crippen molar-refractivity contribution in [3.63, 3.8) is 0 Å². The van der Waals surface area contributed by atoms with E-state index in [1.165, 1.54) is 119 Å². The molecule has 2 aliphatic rings. The largest absolute Gasteiger partial charge is 0.289 e. The fourth-order valence-corrected chi connectivity index (χ4v) is 5.17. The second kappa shape index (κ2) is 14.3. The summed E-state index contributed by atoms with van der Waals surface area (Å²) in [6.45, 7) is 2.29. The van der Waals surface area contributed by atoms with Crippen molar-refractivity contribution in [2.45, 2.75) is 116 Å². The van der Waals surface area contributed by atoms with Crippen LogP contribution in [0.5, 0.6) is 0 Å². The average Bonchev–Trinajstić information content (AvgIpc) is 3.20. The lowest BCUT2D eigenvalue weighted by atomic mass is 9.94. The molecule has 1 aromatic carbocycles. The molecular formula is C31H44O. The number of fused-ring (bicyclic) bond motifs is 3. The normalized spacial score (nSPS) is 14.3. The Morgan fingerprint density at radius 3 is 1.81 bits per heavy atom. The van der Waals surface area contributed by atoms with E-state index in [1.807, 2.05) is 6.08 Å². The lowest BCUT2D eigenvalue weighted by Gasteiger charge is -2.10. The highest BCUT2D eigenvalue weighted by molar-refractivity contribution is 6.23. The highest BCUT2D eigenvalue weighted by Gasteiger charge is 2.25. The molecule has 174 valence electrons. The van der Waals surface area contributed by atoms with Gasteiger partial charge in [-0.15, -0.1) is 0 Å². The van der Waals surface area contributed by atoms with Crippen LogP contribution in [0.25, 0.3) is 11.6 Å². The number of benzene rings is 1. The zero-order valence-electron chi connectivity index (χ0n) is 20.5. The van der Waals surface area contributed by atoms with E-state index in [4.69, 9.17) is 0 Å². The molecular weight excluding hydrogens is 388 g/mol. The molecule has 0 aliphatic heterocycles. The van der Waals surface area contributed by atoms with Crippen molar-refractivity contribution in [3.8, 4) is 0 Å². The van der Waals surface area contributed by atoms with E-state index in [2.05, 4.69) is 37.3 Å². The lowest BCUT2D eigenvalue weighted by Crippen LogP contribution is -2.00. The molecule has 0 saturated carbocycles. The molecule has 0 N–H and O–H groups in total. The first kappa shape index (κ1) is 24.7. The second-order valence-electron chi connectivity index (χ2n) is 9.79. The van der Waals surface area contributed by atoms with Gasteiger partial charge in [-0.2, -0.15) is 0 Å².